The summed E-state index contributed by atoms with van der Waals surface area (Å²) in [7, 11) is 0. The average molecular weight is 295 g/mol. The molecule has 0 unspecified atom stereocenters. The summed E-state index contributed by atoms with van der Waals surface area (Å²) in [6.07, 6.45) is 0.230. The minimum Gasteiger partial charge on any atom is -0.399 e. The molecule has 1 amide bonds. The van der Waals surface area contributed by atoms with E-state index in [0.29, 0.717) is 21.4 Å². The predicted molar refractivity (Wildman–Crippen MR) is 79.7 cm³/mol. The molecule has 0 aromatic heterocycles. The van der Waals surface area contributed by atoms with E-state index in [2.05, 4.69) is 5.32 Å². The summed E-state index contributed by atoms with van der Waals surface area (Å²) < 4.78 is 0. The summed E-state index contributed by atoms with van der Waals surface area (Å²) in [5.41, 5.74) is 7.64. The second-order valence-electron chi connectivity index (χ2n) is 4.07. The lowest BCUT2D eigenvalue weighted by Gasteiger charge is -2.08. The molecule has 0 fully saturated rings. The molecular weight excluding hydrogens is 283 g/mol. The summed E-state index contributed by atoms with van der Waals surface area (Å²) in [5.74, 6) is -0.172. The highest BCUT2D eigenvalue weighted by Gasteiger charge is 2.09. The first-order valence-corrected chi connectivity index (χ1v) is 6.40. The SMILES string of the molecule is Nc1cccc(CC(=O)Nc2cccc(Cl)c2Cl)c1. The Bertz CT molecular complexity index is 614. The molecule has 0 saturated carbocycles. The van der Waals surface area contributed by atoms with Crippen LogP contribution in [0.25, 0.3) is 0 Å². The van der Waals surface area contributed by atoms with Gasteiger partial charge in [-0.2, -0.15) is 0 Å². The topological polar surface area (TPSA) is 55.1 Å². The van der Waals surface area contributed by atoms with Crippen LogP contribution in [0, 0.1) is 0 Å². The Labute approximate surface area is 121 Å². The summed E-state index contributed by atoms with van der Waals surface area (Å²) >= 11 is 11.9. The van der Waals surface area contributed by atoms with Crippen molar-refractivity contribution in [2.45, 2.75) is 6.42 Å². The Kier molecular flexibility index (Phi) is 4.30. The zero-order valence-corrected chi connectivity index (χ0v) is 11.5. The number of amides is 1. The number of benzene rings is 2. The fraction of sp³-hybridized carbons (Fsp3) is 0.0714. The van der Waals surface area contributed by atoms with E-state index in [1.54, 1.807) is 30.3 Å². The molecule has 2 aromatic carbocycles. The molecule has 0 saturated heterocycles. The second-order valence-corrected chi connectivity index (χ2v) is 4.86. The Morgan fingerprint density at radius 2 is 1.89 bits per heavy atom. The van der Waals surface area contributed by atoms with Gasteiger partial charge in [0, 0.05) is 5.69 Å². The third-order valence-electron chi connectivity index (χ3n) is 2.54. The minimum atomic E-state index is -0.172. The van der Waals surface area contributed by atoms with Crippen molar-refractivity contribution in [2.75, 3.05) is 11.1 Å². The first-order chi connectivity index (χ1) is 9.06. The Morgan fingerprint density at radius 1 is 1.16 bits per heavy atom. The Hall–Kier alpha value is -1.71. The van der Waals surface area contributed by atoms with Crippen LogP contribution >= 0.6 is 23.2 Å². The molecule has 0 atom stereocenters. The molecule has 0 aliphatic heterocycles. The molecule has 5 heteroatoms. The van der Waals surface area contributed by atoms with Crippen LogP contribution in [0.4, 0.5) is 11.4 Å². The number of nitrogens with two attached hydrogens (primary N) is 1. The maximum atomic E-state index is 11.9. The molecule has 19 heavy (non-hydrogen) atoms. The van der Waals surface area contributed by atoms with Gasteiger partial charge in [0.1, 0.15) is 0 Å². The average Bonchev–Trinajstić information content (AvgIpc) is 2.35. The summed E-state index contributed by atoms with van der Waals surface area (Å²) in [4.78, 5) is 11.9. The van der Waals surface area contributed by atoms with Crippen LogP contribution in [0.5, 0.6) is 0 Å². The quantitative estimate of drug-likeness (QED) is 0.847. The zero-order chi connectivity index (χ0) is 13.8. The smallest absolute Gasteiger partial charge is 0.228 e. The van der Waals surface area contributed by atoms with Crippen molar-refractivity contribution in [3.63, 3.8) is 0 Å². The molecule has 2 rings (SSSR count). The van der Waals surface area contributed by atoms with Gasteiger partial charge in [-0.25, -0.2) is 0 Å². The van der Waals surface area contributed by atoms with Crippen LogP contribution in [0.3, 0.4) is 0 Å². The molecule has 3 nitrogen and oxygen atoms in total. The summed E-state index contributed by atoms with van der Waals surface area (Å²) in [6.45, 7) is 0. The first-order valence-electron chi connectivity index (χ1n) is 5.64. The maximum Gasteiger partial charge on any atom is 0.228 e. The monoisotopic (exact) mass is 294 g/mol. The summed E-state index contributed by atoms with van der Waals surface area (Å²) in [5, 5.41) is 3.47. The van der Waals surface area contributed by atoms with E-state index in [1.807, 2.05) is 12.1 Å². The fourth-order valence-electron chi connectivity index (χ4n) is 1.68. The van der Waals surface area contributed by atoms with Gasteiger partial charge in [0.25, 0.3) is 0 Å². The largest absolute Gasteiger partial charge is 0.399 e. The molecule has 98 valence electrons. The van der Waals surface area contributed by atoms with Crippen molar-refractivity contribution in [1.29, 1.82) is 0 Å². The number of rotatable bonds is 3. The molecule has 2 aromatic rings. The van der Waals surface area contributed by atoms with Crippen molar-refractivity contribution >= 4 is 40.5 Å². The lowest BCUT2D eigenvalue weighted by molar-refractivity contribution is -0.115. The van der Waals surface area contributed by atoms with E-state index in [0.717, 1.165) is 5.56 Å². The van der Waals surface area contributed by atoms with Crippen molar-refractivity contribution in [3.8, 4) is 0 Å². The molecule has 0 spiro atoms. The van der Waals surface area contributed by atoms with Crippen molar-refractivity contribution in [1.82, 2.24) is 0 Å². The maximum absolute atomic E-state index is 11.9. The normalized spacial score (nSPS) is 10.2. The third-order valence-corrected chi connectivity index (χ3v) is 3.36. The zero-order valence-electron chi connectivity index (χ0n) is 9.99. The van der Waals surface area contributed by atoms with Crippen molar-refractivity contribution < 1.29 is 4.79 Å². The standard InChI is InChI=1S/C14H12Cl2N2O/c15-11-5-2-6-12(14(11)16)18-13(19)8-9-3-1-4-10(17)7-9/h1-7H,8,17H2,(H,18,19). The number of nitrogen functional groups attached to an aromatic ring is 1. The van der Waals surface area contributed by atoms with E-state index in [9.17, 15) is 4.79 Å². The molecule has 0 radical (unpaired) electrons. The van der Waals surface area contributed by atoms with Crippen LogP contribution in [-0.2, 0) is 11.2 Å². The van der Waals surface area contributed by atoms with Crippen LogP contribution in [0.15, 0.2) is 42.5 Å². The molecule has 0 bridgehead atoms. The molecule has 0 heterocycles. The highest BCUT2D eigenvalue weighted by Crippen LogP contribution is 2.29. The third kappa shape index (κ3) is 3.63. The van der Waals surface area contributed by atoms with Gasteiger partial charge < -0.3 is 11.1 Å². The van der Waals surface area contributed by atoms with E-state index >= 15 is 0 Å². The lowest BCUT2D eigenvalue weighted by atomic mass is 10.1. The van der Waals surface area contributed by atoms with E-state index in [4.69, 9.17) is 28.9 Å². The number of carbonyl (C=O) groups is 1. The van der Waals surface area contributed by atoms with Crippen LogP contribution in [-0.4, -0.2) is 5.91 Å². The number of halogens is 2. The van der Waals surface area contributed by atoms with Gasteiger partial charge in [0.15, 0.2) is 0 Å². The first kappa shape index (κ1) is 13.7. The van der Waals surface area contributed by atoms with Crippen molar-refractivity contribution in [3.05, 3.63) is 58.1 Å². The number of anilines is 2. The van der Waals surface area contributed by atoms with Gasteiger partial charge in [-0.15, -0.1) is 0 Å². The van der Waals surface area contributed by atoms with Gasteiger partial charge in [0.05, 0.1) is 22.2 Å². The highest BCUT2D eigenvalue weighted by atomic mass is 35.5. The van der Waals surface area contributed by atoms with Gasteiger partial charge in [0.2, 0.25) is 5.91 Å². The van der Waals surface area contributed by atoms with E-state index in [1.165, 1.54) is 0 Å². The number of hydrogen-bond acceptors (Lipinski definition) is 2. The van der Waals surface area contributed by atoms with Crippen molar-refractivity contribution in [2.24, 2.45) is 0 Å². The molecule has 0 aliphatic rings. The molecule has 0 aliphatic carbocycles. The van der Waals surface area contributed by atoms with Crippen LogP contribution in [0.1, 0.15) is 5.56 Å². The highest BCUT2D eigenvalue weighted by molar-refractivity contribution is 6.43. The van der Waals surface area contributed by atoms with Gasteiger partial charge in [-0.05, 0) is 29.8 Å². The molecule has 3 N–H and O–H groups in total. The van der Waals surface area contributed by atoms with Gasteiger partial charge in [-0.1, -0.05) is 41.4 Å². The number of carbonyl (C=O) groups excluding carboxylic acids is 1. The lowest BCUT2D eigenvalue weighted by Crippen LogP contribution is -2.14. The van der Waals surface area contributed by atoms with Gasteiger partial charge in [-0.3, -0.25) is 4.79 Å². The van der Waals surface area contributed by atoms with Gasteiger partial charge >= 0.3 is 0 Å². The molecular formula is C14H12Cl2N2O. The number of nitrogens with one attached hydrogen (secondary N) is 1. The Morgan fingerprint density at radius 3 is 2.63 bits per heavy atom. The predicted octanol–water partition coefficient (Wildman–Crippen LogP) is 3.76. The summed E-state index contributed by atoms with van der Waals surface area (Å²) in [6, 6.07) is 12.3. The van der Waals surface area contributed by atoms with E-state index in [-0.39, 0.29) is 12.3 Å². The van der Waals surface area contributed by atoms with Crippen LogP contribution < -0.4 is 11.1 Å². The second kappa shape index (κ2) is 5.95. The fourth-order valence-corrected chi connectivity index (χ4v) is 2.03. The van der Waals surface area contributed by atoms with Crippen LogP contribution in [0.2, 0.25) is 10.0 Å². The minimum absolute atomic E-state index is 0.172. The van der Waals surface area contributed by atoms with E-state index < -0.39 is 0 Å². The Balaban J connectivity index is 2.08. The number of hydrogen-bond donors (Lipinski definition) is 2.